The molecule has 8 heteroatoms. The number of sulfone groups is 1. The van der Waals surface area contributed by atoms with Gasteiger partial charge in [0.1, 0.15) is 17.9 Å². The van der Waals surface area contributed by atoms with Crippen LogP contribution in [0.5, 0.6) is 0 Å². The molecule has 1 rings (SSSR count). The van der Waals surface area contributed by atoms with Crippen LogP contribution in [0.15, 0.2) is 6.33 Å². The Morgan fingerprint density at radius 1 is 1.56 bits per heavy atom. The Bertz CT molecular complexity index is 465. The molecule has 0 unspecified atom stereocenters. The maximum atomic E-state index is 11.5. The summed E-state index contributed by atoms with van der Waals surface area (Å²) >= 11 is 0. The largest absolute Gasteiger partial charge is 0.481 e. The number of carbonyl (C=O) groups is 1. The molecule has 0 fully saturated rings. The van der Waals surface area contributed by atoms with Gasteiger partial charge in [-0.05, 0) is 6.92 Å². The van der Waals surface area contributed by atoms with Gasteiger partial charge in [0.2, 0.25) is 0 Å². The topological polar surface area (TPSA) is 102 Å². The van der Waals surface area contributed by atoms with Gasteiger partial charge in [0.05, 0.1) is 12.2 Å². The summed E-state index contributed by atoms with van der Waals surface area (Å²) in [6.45, 7) is 2.35. The predicted molar refractivity (Wildman–Crippen MR) is 55.4 cm³/mol. The lowest BCUT2D eigenvalue weighted by atomic mass is 10.5. The number of carboxylic acids is 1. The molecule has 0 radical (unpaired) electrons. The van der Waals surface area contributed by atoms with Gasteiger partial charge in [-0.2, -0.15) is 5.10 Å². The third kappa shape index (κ3) is 3.61. The molecule has 0 aliphatic carbocycles. The van der Waals surface area contributed by atoms with Crippen molar-refractivity contribution in [3.63, 3.8) is 0 Å². The van der Waals surface area contributed by atoms with Crippen LogP contribution in [0.1, 0.15) is 19.2 Å². The van der Waals surface area contributed by atoms with Crippen molar-refractivity contribution in [3.8, 4) is 0 Å². The zero-order valence-corrected chi connectivity index (χ0v) is 9.64. The summed E-state index contributed by atoms with van der Waals surface area (Å²) in [6.07, 6.45) is 0.897. The van der Waals surface area contributed by atoms with E-state index in [0.29, 0.717) is 12.4 Å². The standard InChI is InChI=1S/C8H13N3O4S/c1-2-11-7(9-6-10-11)5-16(14,15)4-3-8(12)13/h6H,2-5H2,1H3,(H,12,13). The molecule has 7 nitrogen and oxygen atoms in total. The van der Waals surface area contributed by atoms with Crippen molar-refractivity contribution < 1.29 is 18.3 Å². The first kappa shape index (κ1) is 12.6. The van der Waals surface area contributed by atoms with Crippen molar-refractivity contribution in [2.75, 3.05) is 5.75 Å². The third-order valence-corrected chi connectivity index (χ3v) is 3.50. The highest BCUT2D eigenvalue weighted by atomic mass is 32.2. The molecule has 0 saturated carbocycles. The van der Waals surface area contributed by atoms with E-state index in [9.17, 15) is 13.2 Å². The maximum absolute atomic E-state index is 11.5. The Balaban J connectivity index is 2.69. The molecule has 1 aromatic heterocycles. The van der Waals surface area contributed by atoms with Crippen molar-refractivity contribution in [1.29, 1.82) is 0 Å². The van der Waals surface area contributed by atoms with Crippen molar-refractivity contribution >= 4 is 15.8 Å². The smallest absolute Gasteiger partial charge is 0.304 e. The van der Waals surface area contributed by atoms with Crippen LogP contribution >= 0.6 is 0 Å². The summed E-state index contributed by atoms with van der Waals surface area (Å²) < 4.78 is 24.5. The Hall–Kier alpha value is -1.44. The van der Waals surface area contributed by atoms with E-state index >= 15 is 0 Å². The molecule has 90 valence electrons. The second kappa shape index (κ2) is 5.06. The highest BCUT2D eigenvalue weighted by Crippen LogP contribution is 2.04. The molecule has 16 heavy (non-hydrogen) atoms. The minimum atomic E-state index is -3.44. The van der Waals surface area contributed by atoms with Gasteiger partial charge in [-0.1, -0.05) is 0 Å². The minimum Gasteiger partial charge on any atom is -0.481 e. The lowest BCUT2D eigenvalue weighted by Gasteiger charge is -2.03. The molecule has 0 spiro atoms. The van der Waals surface area contributed by atoms with Crippen LogP contribution in [-0.2, 0) is 26.9 Å². The first-order valence-corrected chi connectivity index (χ1v) is 6.55. The summed E-state index contributed by atoms with van der Waals surface area (Å²) in [5.41, 5.74) is 0. The van der Waals surface area contributed by atoms with Crippen LogP contribution in [0.3, 0.4) is 0 Å². The average molecular weight is 247 g/mol. The van der Waals surface area contributed by atoms with Crippen LogP contribution in [0, 0.1) is 0 Å². The monoisotopic (exact) mass is 247 g/mol. The summed E-state index contributed by atoms with van der Waals surface area (Å²) in [5, 5.41) is 12.2. The van der Waals surface area contributed by atoms with Crippen LogP contribution in [0.25, 0.3) is 0 Å². The summed E-state index contributed by atoms with van der Waals surface area (Å²) in [4.78, 5) is 14.1. The van der Waals surface area contributed by atoms with Crippen molar-refractivity contribution in [2.24, 2.45) is 0 Å². The maximum Gasteiger partial charge on any atom is 0.304 e. The lowest BCUT2D eigenvalue weighted by Crippen LogP contribution is -2.16. The van der Waals surface area contributed by atoms with E-state index in [1.807, 2.05) is 6.92 Å². The van der Waals surface area contributed by atoms with E-state index in [1.54, 1.807) is 0 Å². The molecule has 1 aromatic rings. The van der Waals surface area contributed by atoms with E-state index in [4.69, 9.17) is 5.11 Å². The minimum absolute atomic E-state index is 0.270. The molecule has 0 saturated heterocycles. The Kier molecular flexibility index (Phi) is 3.99. The van der Waals surface area contributed by atoms with Gasteiger partial charge >= 0.3 is 5.97 Å². The highest BCUT2D eigenvalue weighted by molar-refractivity contribution is 7.90. The van der Waals surface area contributed by atoms with Gasteiger partial charge in [-0.15, -0.1) is 0 Å². The molecule has 0 aliphatic heterocycles. The number of aryl methyl sites for hydroxylation is 1. The molecule has 0 aromatic carbocycles. The lowest BCUT2D eigenvalue weighted by molar-refractivity contribution is -0.136. The Labute approximate surface area is 93.0 Å². The number of hydrogen-bond donors (Lipinski definition) is 1. The number of hydrogen-bond acceptors (Lipinski definition) is 5. The number of aromatic nitrogens is 3. The van der Waals surface area contributed by atoms with Gasteiger partial charge in [0.25, 0.3) is 0 Å². The quantitative estimate of drug-likeness (QED) is 0.739. The fraction of sp³-hybridized carbons (Fsp3) is 0.625. The molecule has 0 aliphatic rings. The summed E-state index contributed by atoms with van der Waals surface area (Å²) in [7, 11) is -3.44. The van der Waals surface area contributed by atoms with E-state index in [1.165, 1.54) is 11.0 Å². The van der Waals surface area contributed by atoms with Gasteiger partial charge in [-0.3, -0.25) is 4.79 Å². The molecule has 0 amide bonds. The van der Waals surface area contributed by atoms with E-state index in [2.05, 4.69) is 10.1 Å². The van der Waals surface area contributed by atoms with Crippen LogP contribution in [-0.4, -0.2) is 40.0 Å². The average Bonchev–Trinajstić information content (AvgIpc) is 2.61. The van der Waals surface area contributed by atoms with Crippen molar-refractivity contribution in [2.45, 2.75) is 25.6 Å². The predicted octanol–water partition coefficient (Wildman–Crippen LogP) is -0.313. The van der Waals surface area contributed by atoms with Gasteiger partial charge in [-0.25, -0.2) is 18.1 Å². The van der Waals surface area contributed by atoms with Crippen LogP contribution < -0.4 is 0 Å². The SMILES string of the molecule is CCn1ncnc1CS(=O)(=O)CCC(=O)O. The number of aliphatic carboxylic acids is 1. The number of rotatable bonds is 6. The van der Waals surface area contributed by atoms with Gasteiger partial charge in [0.15, 0.2) is 9.84 Å². The molecular formula is C8H13N3O4S. The van der Waals surface area contributed by atoms with Crippen molar-refractivity contribution in [3.05, 3.63) is 12.2 Å². The van der Waals surface area contributed by atoms with Crippen LogP contribution in [0.4, 0.5) is 0 Å². The fourth-order valence-corrected chi connectivity index (χ4v) is 2.42. The number of nitrogens with zero attached hydrogens (tertiary/aromatic N) is 3. The zero-order chi connectivity index (χ0) is 12.2. The molecule has 1 heterocycles. The summed E-state index contributed by atoms with van der Waals surface area (Å²) in [6, 6.07) is 0. The van der Waals surface area contributed by atoms with E-state index < -0.39 is 15.8 Å². The van der Waals surface area contributed by atoms with Crippen LogP contribution in [0.2, 0.25) is 0 Å². The fourth-order valence-electron chi connectivity index (χ4n) is 1.18. The highest BCUT2D eigenvalue weighted by Gasteiger charge is 2.17. The molecule has 0 atom stereocenters. The first-order valence-electron chi connectivity index (χ1n) is 4.73. The van der Waals surface area contributed by atoms with E-state index in [-0.39, 0.29) is 17.9 Å². The second-order valence-electron chi connectivity index (χ2n) is 3.23. The summed E-state index contributed by atoms with van der Waals surface area (Å²) in [5.74, 6) is -1.43. The van der Waals surface area contributed by atoms with Gasteiger partial charge in [0, 0.05) is 6.54 Å². The third-order valence-electron chi connectivity index (χ3n) is 1.97. The first-order chi connectivity index (χ1) is 7.44. The second-order valence-corrected chi connectivity index (χ2v) is 5.41. The normalized spacial score (nSPS) is 11.6. The van der Waals surface area contributed by atoms with Gasteiger partial charge < -0.3 is 5.11 Å². The molecule has 0 bridgehead atoms. The molecular weight excluding hydrogens is 234 g/mol. The Morgan fingerprint density at radius 3 is 2.81 bits per heavy atom. The zero-order valence-electron chi connectivity index (χ0n) is 8.83. The van der Waals surface area contributed by atoms with E-state index in [0.717, 1.165) is 0 Å². The molecule has 1 N–H and O–H groups in total. The Morgan fingerprint density at radius 2 is 2.25 bits per heavy atom. The van der Waals surface area contributed by atoms with Crippen molar-refractivity contribution in [1.82, 2.24) is 14.8 Å². The number of carboxylic acid groups (broad SMARTS) is 1.